The summed E-state index contributed by atoms with van der Waals surface area (Å²) in [7, 11) is -3.74. The van der Waals surface area contributed by atoms with Crippen molar-refractivity contribution in [1.29, 1.82) is 0 Å². The van der Waals surface area contributed by atoms with Gasteiger partial charge in [0.25, 0.3) is 0 Å². The molecular formula is C20H30ClN3O5S. The van der Waals surface area contributed by atoms with E-state index in [9.17, 15) is 13.2 Å². The molecule has 168 valence electrons. The van der Waals surface area contributed by atoms with Crippen LogP contribution in [0.5, 0.6) is 5.75 Å². The van der Waals surface area contributed by atoms with E-state index >= 15 is 0 Å². The number of morpholine rings is 1. The summed E-state index contributed by atoms with van der Waals surface area (Å²) < 4.78 is 38.5. The van der Waals surface area contributed by atoms with Gasteiger partial charge in [0.2, 0.25) is 15.9 Å². The number of hydrogen-bond acceptors (Lipinski definition) is 6. The Hall–Kier alpha value is -1.39. The van der Waals surface area contributed by atoms with E-state index in [1.165, 1.54) is 10.4 Å². The number of ether oxygens (including phenoxy) is 2. The van der Waals surface area contributed by atoms with Crippen molar-refractivity contribution in [3.8, 4) is 5.75 Å². The van der Waals surface area contributed by atoms with Crippen LogP contribution in [0.15, 0.2) is 23.1 Å². The van der Waals surface area contributed by atoms with Gasteiger partial charge in [0.1, 0.15) is 10.6 Å². The van der Waals surface area contributed by atoms with Crippen molar-refractivity contribution in [3.63, 3.8) is 0 Å². The maximum absolute atomic E-state index is 13.1. The summed E-state index contributed by atoms with van der Waals surface area (Å²) in [5, 5.41) is 3.33. The fraction of sp³-hybridized carbons (Fsp3) is 0.650. The van der Waals surface area contributed by atoms with E-state index in [0.717, 1.165) is 32.8 Å². The number of hydrogen-bond donors (Lipinski definition) is 1. The van der Waals surface area contributed by atoms with Crippen LogP contribution in [0.25, 0.3) is 0 Å². The van der Waals surface area contributed by atoms with Crippen LogP contribution in [-0.2, 0) is 19.6 Å². The minimum atomic E-state index is -3.74. The third kappa shape index (κ3) is 5.85. The molecule has 1 aromatic rings. The molecule has 2 aliphatic heterocycles. The van der Waals surface area contributed by atoms with Gasteiger partial charge in [0.15, 0.2) is 0 Å². The Balaban J connectivity index is 1.53. The Morgan fingerprint density at radius 3 is 2.60 bits per heavy atom. The normalized spacial score (nSPS) is 19.5. The maximum Gasteiger partial charge on any atom is 0.246 e. The van der Waals surface area contributed by atoms with Crippen molar-refractivity contribution in [2.45, 2.75) is 24.7 Å². The molecule has 0 spiro atoms. The van der Waals surface area contributed by atoms with E-state index in [0.29, 0.717) is 49.9 Å². The highest BCUT2D eigenvalue weighted by molar-refractivity contribution is 7.89. The van der Waals surface area contributed by atoms with E-state index in [1.54, 1.807) is 19.1 Å². The van der Waals surface area contributed by atoms with Crippen molar-refractivity contribution in [1.82, 2.24) is 14.5 Å². The first kappa shape index (κ1) is 23.3. The van der Waals surface area contributed by atoms with Crippen LogP contribution in [0.4, 0.5) is 0 Å². The zero-order valence-electron chi connectivity index (χ0n) is 17.3. The number of sulfonamides is 1. The molecule has 2 saturated heterocycles. The first-order valence-electron chi connectivity index (χ1n) is 10.4. The van der Waals surface area contributed by atoms with Crippen molar-refractivity contribution in [2.75, 3.05) is 59.1 Å². The zero-order valence-corrected chi connectivity index (χ0v) is 18.9. The van der Waals surface area contributed by atoms with Crippen LogP contribution >= 0.6 is 11.6 Å². The van der Waals surface area contributed by atoms with Crippen LogP contribution in [0.3, 0.4) is 0 Å². The van der Waals surface area contributed by atoms with Crippen molar-refractivity contribution in [2.24, 2.45) is 5.92 Å². The van der Waals surface area contributed by atoms with E-state index in [2.05, 4.69) is 10.2 Å². The van der Waals surface area contributed by atoms with Crippen LogP contribution in [-0.4, -0.2) is 82.6 Å². The lowest BCUT2D eigenvalue weighted by Gasteiger charge is -2.31. The summed E-state index contributed by atoms with van der Waals surface area (Å²) in [4.78, 5) is 14.8. The fourth-order valence-electron chi connectivity index (χ4n) is 3.76. The van der Waals surface area contributed by atoms with Gasteiger partial charge >= 0.3 is 0 Å². The summed E-state index contributed by atoms with van der Waals surface area (Å²) >= 11 is 6.03. The van der Waals surface area contributed by atoms with Crippen LogP contribution in [0.2, 0.25) is 5.02 Å². The molecule has 0 aromatic heterocycles. The van der Waals surface area contributed by atoms with E-state index in [1.807, 2.05) is 0 Å². The summed E-state index contributed by atoms with van der Waals surface area (Å²) in [6.07, 6.45) is 0.986. The summed E-state index contributed by atoms with van der Waals surface area (Å²) in [6.45, 7) is 7.39. The van der Waals surface area contributed by atoms with Gasteiger partial charge in [-0.15, -0.1) is 0 Å². The SMILES string of the molecule is CCOc1ccc(Cl)cc1S(=O)(=O)N1CCC(C(=O)NCCN2CCOCC2)CC1. The molecule has 0 atom stereocenters. The Bertz CT molecular complexity index is 822. The minimum absolute atomic E-state index is 0.00179. The number of amides is 1. The minimum Gasteiger partial charge on any atom is -0.492 e. The quantitative estimate of drug-likeness (QED) is 0.635. The number of nitrogens with zero attached hydrogens (tertiary/aromatic N) is 2. The molecule has 2 fully saturated rings. The topological polar surface area (TPSA) is 88.2 Å². The van der Waals surface area contributed by atoms with Gasteiger partial charge in [0, 0.05) is 50.2 Å². The van der Waals surface area contributed by atoms with E-state index in [-0.39, 0.29) is 16.7 Å². The number of carbonyl (C=O) groups is 1. The highest BCUT2D eigenvalue weighted by Gasteiger charge is 2.33. The summed E-state index contributed by atoms with van der Waals surface area (Å²) in [5.74, 6) is 0.120. The highest BCUT2D eigenvalue weighted by Crippen LogP contribution is 2.32. The average Bonchev–Trinajstić information content (AvgIpc) is 2.76. The van der Waals surface area contributed by atoms with Gasteiger partial charge < -0.3 is 14.8 Å². The Labute approximate surface area is 183 Å². The lowest BCUT2D eigenvalue weighted by Crippen LogP contribution is -2.45. The van der Waals surface area contributed by atoms with Gasteiger partial charge in [-0.1, -0.05) is 11.6 Å². The number of piperidine rings is 1. The number of carbonyl (C=O) groups excluding carboxylic acids is 1. The molecule has 0 bridgehead atoms. The third-order valence-electron chi connectivity index (χ3n) is 5.48. The van der Waals surface area contributed by atoms with Gasteiger partial charge in [-0.3, -0.25) is 9.69 Å². The van der Waals surface area contributed by atoms with Gasteiger partial charge in [-0.05, 0) is 38.0 Å². The summed E-state index contributed by atoms with van der Waals surface area (Å²) in [5.41, 5.74) is 0. The molecule has 30 heavy (non-hydrogen) atoms. The van der Waals surface area contributed by atoms with Crippen molar-refractivity contribution >= 4 is 27.5 Å². The van der Waals surface area contributed by atoms with E-state index < -0.39 is 10.0 Å². The molecule has 0 saturated carbocycles. The molecule has 0 aliphatic carbocycles. The van der Waals surface area contributed by atoms with Gasteiger partial charge in [-0.2, -0.15) is 4.31 Å². The standard InChI is InChI=1S/C20H30ClN3O5S/c1-2-29-18-4-3-17(21)15-19(18)30(26,27)24-8-5-16(6-9-24)20(25)22-7-10-23-11-13-28-14-12-23/h3-4,15-16H,2,5-14H2,1H3,(H,22,25). The third-order valence-corrected chi connectivity index (χ3v) is 7.63. The lowest BCUT2D eigenvalue weighted by molar-refractivity contribution is -0.126. The Morgan fingerprint density at radius 2 is 1.93 bits per heavy atom. The largest absolute Gasteiger partial charge is 0.492 e. The first-order valence-corrected chi connectivity index (χ1v) is 12.2. The summed E-state index contributed by atoms with van der Waals surface area (Å²) in [6, 6.07) is 4.61. The molecular weight excluding hydrogens is 430 g/mol. The average molecular weight is 460 g/mol. The maximum atomic E-state index is 13.1. The van der Waals surface area contributed by atoms with Gasteiger partial charge in [-0.25, -0.2) is 8.42 Å². The van der Waals surface area contributed by atoms with Crippen molar-refractivity contribution in [3.05, 3.63) is 23.2 Å². The highest BCUT2D eigenvalue weighted by atomic mass is 35.5. The number of halogens is 1. The number of benzene rings is 1. The molecule has 1 aromatic carbocycles. The second kappa shape index (κ2) is 10.8. The Morgan fingerprint density at radius 1 is 1.23 bits per heavy atom. The molecule has 8 nitrogen and oxygen atoms in total. The van der Waals surface area contributed by atoms with Crippen LogP contribution < -0.4 is 10.1 Å². The second-order valence-corrected chi connectivity index (χ2v) is 9.79. The van der Waals surface area contributed by atoms with Crippen LogP contribution in [0, 0.1) is 5.92 Å². The van der Waals surface area contributed by atoms with E-state index in [4.69, 9.17) is 21.1 Å². The van der Waals surface area contributed by atoms with Crippen molar-refractivity contribution < 1.29 is 22.7 Å². The Kier molecular flexibility index (Phi) is 8.35. The first-order chi connectivity index (χ1) is 14.4. The predicted molar refractivity (Wildman–Crippen MR) is 114 cm³/mol. The monoisotopic (exact) mass is 459 g/mol. The number of rotatable bonds is 8. The second-order valence-electron chi connectivity index (χ2n) is 7.45. The fourth-order valence-corrected chi connectivity index (χ4v) is 5.63. The lowest BCUT2D eigenvalue weighted by atomic mass is 9.97. The number of nitrogens with one attached hydrogen (secondary N) is 1. The molecule has 2 aliphatic rings. The molecule has 0 radical (unpaired) electrons. The molecule has 2 heterocycles. The molecule has 0 unspecified atom stereocenters. The smallest absolute Gasteiger partial charge is 0.246 e. The van der Waals surface area contributed by atoms with Gasteiger partial charge in [0.05, 0.1) is 19.8 Å². The molecule has 10 heteroatoms. The van der Waals surface area contributed by atoms with Crippen LogP contribution in [0.1, 0.15) is 19.8 Å². The molecule has 3 rings (SSSR count). The molecule has 1 N–H and O–H groups in total. The molecule has 1 amide bonds. The predicted octanol–water partition coefficient (Wildman–Crippen LogP) is 1.59. The zero-order chi connectivity index (χ0) is 21.6.